The summed E-state index contributed by atoms with van der Waals surface area (Å²) >= 11 is 11.7. The van der Waals surface area contributed by atoms with Crippen molar-refractivity contribution in [2.24, 2.45) is 0 Å². The summed E-state index contributed by atoms with van der Waals surface area (Å²) in [6.45, 7) is 2.30. The Labute approximate surface area is 167 Å². The fourth-order valence-electron chi connectivity index (χ4n) is 2.88. The molecule has 1 fully saturated rings. The number of halogens is 2. The van der Waals surface area contributed by atoms with Gasteiger partial charge in [-0.1, -0.05) is 29.6 Å². The minimum Gasteiger partial charge on any atom is -0.477 e. The van der Waals surface area contributed by atoms with E-state index in [9.17, 15) is 9.59 Å². The summed E-state index contributed by atoms with van der Waals surface area (Å²) in [7, 11) is 0. The highest BCUT2D eigenvalue weighted by atomic mass is 35.5. The summed E-state index contributed by atoms with van der Waals surface area (Å²) in [5.41, 5.74) is 0.178. The van der Waals surface area contributed by atoms with E-state index in [1.54, 1.807) is 12.1 Å². The molecule has 0 radical (unpaired) electrons. The zero-order valence-corrected chi connectivity index (χ0v) is 16.2. The number of rotatable bonds is 6. The Balaban J connectivity index is 1.53. The third-order valence-corrected chi connectivity index (χ3v) is 4.98. The molecule has 0 aliphatic carbocycles. The first kappa shape index (κ1) is 19.7. The van der Waals surface area contributed by atoms with Gasteiger partial charge in [0.05, 0.1) is 16.6 Å². The van der Waals surface area contributed by atoms with Crippen LogP contribution >= 0.6 is 23.2 Å². The average molecular weight is 411 g/mol. The normalized spacial score (nSPS) is 14.7. The van der Waals surface area contributed by atoms with E-state index < -0.39 is 5.91 Å². The van der Waals surface area contributed by atoms with Crippen LogP contribution in [0.2, 0.25) is 10.0 Å². The third kappa shape index (κ3) is 5.73. The molecule has 1 saturated heterocycles. The van der Waals surface area contributed by atoms with Crippen molar-refractivity contribution < 1.29 is 13.9 Å². The summed E-state index contributed by atoms with van der Waals surface area (Å²) in [4.78, 5) is 26.4. The first-order valence-electron chi connectivity index (χ1n) is 8.73. The Hall–Kier alpha value is -2.02. The van der Waals surface area contributed by atoms with Crippen LogP contribution in [-0.4, -0.2) is 30.5 Å². The van der Waals surface area contributed by atoms with Crippen molar-refractivity contribution in [1.29, 1.82) is 0 Å². The number of hydrogen-bond donors (Lipinski definition) is 1. The van der Waals surface area contributed by atoms with E-state index in [-0.39, 0.29) is 17.8 Å². The van der Waals surface area contributed by atoms with Gasteiger partial charge in [-0.3, -0.25) is 14.5 Å². The van der Waals surface area contributed by atoms with Gasteiger partial charge >= 0.3 is 0 Å². The lowest BCUT2D eigenvalue weighted by molar-refractivity contribution is -0.118. The number of nitrogens with one attached hydrogen (secondary N) is 1. The molecule has 2 aromatic rings. The number of ether oxygens (including phenoxy) is 1. The highest BCUT2D eigenvalue weighted by Gasteiger charge is 2.14. The van der Waals surface area contributed by atoms with Crippen LogP contribution in [0.15, 0.2) is 39.7 Å². The molecular formula is C19H20Cl2N2O4. The summed E-state index contributed by atoms with van der Waals surface area (Å²) in [5, 5.41) is 3.35. The molecule has 8 heteroatoms. The summed E-state index contributed by atoms with van der Waals surface area (Å²) in [6, 6.07) is 6.15. The van der Waals surface area contributed by atoms with Crippen LogP contribution < -0.4 is 15.5 Å². The maximum absolute atomic E-state index is 12.2. The molecule has 0 spiro atoms. The lowest BCUT2D eigenvalue weighted by Crippen LogP contribution is -2.29. The molecule has 6 nitrogen and oxygen atoms in total. The molecule has 1 aromatic heterocycles. The lowest BCUT2D eigenvalue weighted by atomic mass is 10.1. The Bertz CT molecular complexity index is 863. The molecule has 1 aliphatic heterocycles. The second-order valence-corrected chi connectivity index (χ2v) is 7.19. The molecule has 3 rings (SSSR count). The van der Waals surface area contributed by atoms with Gasteiger partial charge in [-0.15, -0.1) is 0 Å². The predicted octanol–water partition coefficient (Wildman–Crippen LogP) is 3.95. The van der Waals surface area contributed by atoms with E-state index in [4.69, 9.17) is 32.4 Å². The summed E-state index contributed by atoms with van der Waals surface area (Å²) in [5.74, 6) is 0.168. The van der Waals surface area contributed by atoms with Gasteiger partial charge in [0, 0.05) is 11.8 Å². The molecule has 0 unspecified atom stereocenters. The first-order chi connectivity index (χ1) is 13.0. The van der Waals surface area contributed by atoms with Gasteiger partial charge in [-0.2, -0.15) is 0 Å². The summed E-state index contributed by atoms with van der Waals surface area (Å²) < 4.78 is 10.8. The molecule has 27 heavy (non-hydrogen) atoms. The number of nitrogens with zero attached hydrogens (tertiary/aromatic N) is 1. The highest BCUT2D eigenvalue weighted by molar-refractivity contribution is 6.42. The van der Waals surface area contributed by atoms with Crippen molar-refractivity contribution in [1.82, 2.24) is 4.90 Å². The van der Waals surface area contributed by atoms with Gasteiger partial charge in [-0.25, -0.2) is 0 Å². The third-order valence-electron chi connectivity index (χ3n) is 4.24. The molecule has 1 aromatic carbocycles. The molecule has 0 saturated carbocycles. The number of piperidine rings is 1. The van der Waals surface area contributed by atoms with Crippen molar-refractivity contribution in [3.05, 3.63) is 56.6 Å². The zero-order valence-electron chi connectivity index (χ0n) is 14.7. The Morgan fingerprint density at radius 1 is 1.15 bits per heavy atom. The van der Waals surface area contributed by atoms with Crippen molar-refractivity contribution in [3.8, 4) is 5.75 Å². The van der Waals surface area contributed by atoms with Gasteiger partial charge in [0.2, 0.25) is 11.2 Å². The van der Waals surface area contributed by atoms with Crippen LogP contribution in [0.1, 0.15) is 25.0 Å². The van der Waals surface area contributed by atoms with Gasteiger partial charge in [0.25, 0.3) is 5.91 Å². The average Bonchev–Trinajstić information content (AvgIpc) is 2.65. The minimum atomic E-state index is -0.426. The van der Waals surface area contributed by atoms with Crippen LogP contribution in [0.4, 0.5) is 5.69 Å². The maximum Gasteiger partial charge on any atom is 0.262 e. The molecule has 1 amide bonds. The molecule has 2 heterocycles. The van der Waals surface area contributed by atoms with Crippen molar-refractivity contribution in [2.75, 3.05) is 25.0 Å². The monoisotopic (exact) mass is 410 g/mol. The maximum atomic E-state index is 12.2. The molecule has 144 valence electrons. The van der Waals surface area contributed by atoms with E-state index in [0.717, 1.165) is 13.1 Å². The van der Waals surface area contributed by atoms with E-state index in [2.05, 4.69) is 10.2 Å². The fraction of sp³-hybridized carbons (Fsp3) is 0.368. The number of benzene rings is 1. The quantitative estimate of drug-likeness (QED) is 0.780. The molecule has 0 bridgehead atoms. The van der Waals surface area contributed by atoms with Gasteiger partial charge in [0.15, 0.2) is 6.61 Å². The van der Waals surface area contributed by atoms with Gasteiger partial charge < -0.3 is 14.5 Å². The number of hydrogen-bond acceptors (Lipinski definition) is 5. The first-order valence-corrected chi connectivity index (χ1v) is 9.48. The molecule has 0 atom stereocenters. The second-order valence-electron chi connectivity index (χ2n) is 6.38. The van der Waals surface area contributed by atoms with Crippen molar-refractivity contribution >= 4 is 34.8 Å². The number of likely N-dealkylation sites (tertiary alicyclic amines) is 1. The second kappa shape index (κ2) is 9.26. The van der Waals surface area contributed by atoms with E-state index in [1.807, 2.05) is 0 Å². The Morgan fingerprint density at radius 3 is 2.63 bits per heavy atom. The zero-order chi connectivity index (χ0) is 19.2. The van der Waals surface area contributed by atoms with Gasteiger partial charge in [0.1, 0.15) is 12.0 Å². The van der Waals surface area contributed by atoms with Crippen LogP contribution in [0.5, 0.6) is 5.75 Å². The van der Waals surface area contributed by atoms with Gasteiger partial charge in [-0.05, 0) is 44.1 Å². The van der Waals surface area contributed by atoms with Crippen molar-refractivity contribution in [2.45, 2.75) is 25.8 Å². The topological polar surface area (TPSA) is 71.8 Å². The van der Waals surface area contributed by atoms with E-state index >= 15 is 0 Å². The Morgan fingerprint density at radius 2 is 1.93 bits per heavy atom. The van der Waals surface area contributed by atoms with Crippen LogP contribution in [0.25, 0.3) is 0 Å². The van der Waals surface area contributed by atoms with E-state index in [1.165, 1.54) is 37.7 Å². The largest absolute Gasteiger partial charge is 0.477 e. The standard InChI is InChI=1S/C19H20Cl2N2O4/c20-15-5-4-13(8-16(15)21)22-19(25)12-27-18-11-26-14(9-17(18)24)10-23-6-2-1-3-7-23/h4-5,8-9,11H,1-3,6-7,10,12H2,(H,22,25). The minimum absolute atomic E-state index is 0.00156. The molecule has 1 aliphatic rings. The molecular weight excluding hydrogens is 391 g/mol. The molecule has 1 N–H and O–H groups in total. The summed E-state index contributed by atoms with van der Waals surface area (Å²) in [6.07, 6.45) is 4.84. The lowest BCUT2D eigenvalue weighted by Gasteiger charge is -2.25. The number of anilines is 1. The SMILES string of the molecule is O=C(COc1coc(CN2CCCCC2)cc1=O)Nc1ccc(Cl)c(Cl)c1. The van der Waals surface area contributed by atoms with Crippen LogP contribution in [-0.2, 0) is 11.3 Å². The smallest absolute Gasteiger partial charge is 0.262 e. The van der Waals surface area contributed by atoms with Crippen LogP contribution in [0.3, 0.4) is 0 Å². The highest BCUT2D eigenvalue weighted by Crippen LogP contribution is 2.25. The number of amides is 1. The van der Waals surface area contributed by atoms with Crippen LogP contribution in [0, 0.1) is 0 Å². The number of carbonyl (C=O) groups excluding carboxylic acids is 1. The van der Waals surface area contributed by atoms with Crippen molar-refractivity contribution in [3.63, 3.8) is 0 Å². The fourth-order valence-corrected chi connectivity index (χ4v) is 3.18. The van der Waals surface area contributed by atoms with E-state index in [0.29, 0.717) is 28.0 Å². The predicted molar refractivity (Wildman–Crippen MR) is 105 cm³/mol. The number of carbonyl (C=O) groups is 1. The Kier molecular flexibility index (Phi) is 6.77.